The topological polar surface area (TPSA) is 12.0 Å². The van der Waals surface area contributed by atoms with Crippen molar-refractivity contribution in [1.29, 1.82) is 0 Å². The zero-order chi connectivity index (χ0) is 14.7. The first-order valence-corrected chi connectivity index (χ1v) is 7.41. The van der Waals surface area contributed by atoms with Crippen LogP contribution in [0.2, 0.25) is 0 Å². The molecule has 0 aliphatic heterocycles. The molecule has 2 aromatic carbocycles. The summed E-state index contributed by atoms with van der Waals surface area (Å²) in [6.45, 7) is 11.0. The quantitative estimate of drug-likeness (QED) is 0.760. The van der Waals surface area contributed by atoms with E-state index in [1.54, 1.807) is 0 Å². The fourth-order valence-electron chi connectivity index (χ4n) is 2.38. The molecule has 2 aromatic rings. The van der Waals surface area contributed by atoms with Gasteiger partial charge in [-0.1, -0.05) is 55.8 Å². The minimum Gasteiger partial charge on any atom is -0.378 e. The van der Waals surface area contributed by atoms with Gasteiger partial charge in [0.15, 0.2) is 0 Å². The van der Waals surface area contributed by atoms with E-state index in [-0.39, 0.29) is 0 Å². The van der Waals surface area contributed by atoms with Gasteiger partial charge >= 0.3 is 0 Å². The average Bonchev–Trinajstić information content (AvgIpc) is 2.41. The molecule has 0 saturated heterocycles. The summed E-state index contributed by atoms with van der Waals surface area (Å²) in [5.41, 5.74) is 6.56. The normalized spacial score (nSPS) is 12.5. The van der Waals surface area contributed by atoms with Crippen LogP contribution in [-0.2, 0) is 0 Å². The first-order valence-electron chi connectivity index (χ1n) is 7.41. The number of hydrogen-bond donors (Lipinski definition) is 1. The molecule has 1 atom stereocenters. The van der Waals surface area contributed by atoms with Gasteiger partial charge < -0.3 is 5.32 Å². The van der Waals surface area contributed by atoms with Crippen molar-refractivity contribution in [2.45, 2.75) is 46.6 Å². The zero-order valence-electron chi connectivity index (χ0n) is 13.2. The van der Waals surface area contributed by atoms with Crippen molar-refractivity contribution in [2.24, 2.45) is 0 Å². The van der Waals surface area contributed by atoms with E-state index in [9.17, 15) is 0 Å². The molecule has 0 aliphatic carbocycles. The molecule has 0 bridgehead atoms. The number of nitrogens with one attached hydrogen (secondary N) is 1. The van der Waals surface area contributed by atoms with E-state index in [4.69, 9.17) is 0 Å². The van der Waals surface area contributed by atoms with Gasteiger partial charge in [-0.2, -0.15) is 0 Å². The van der Waals surface area contributed by atoms with Gasteiger partial charge in [0.25, 0.3) is 0 Å². The number of anilines is 1. The second-order valence-corrected chi connectivity index (χ2v) is 6.01. The summed E-state index contributed by atoms with van der Waals surface area (Å²) in [7, 11) is 0. The van der Waals surface area contributed by atoms with E-state index in [0.717, 1.165) is 0 Å². The summed E-state index contributed by atoms with van der Waals surface area (Å²) in [4.78, 5) is 0. The van der Waals surface area contributed by atoms with E-state index < -0.39 is 0 Å². The van der Waals surface area contributed by atoms with Gasteiger partial charge in [-0.25, -0.2) is 0 Å². The Bertz CT molecular complexity index is 567. The van der Waals surface area contributed by atoms with Crippen LogP contribution in [0.1, 0.15) is 55.0 Å². The lowest BCUT2D eigenvalue weighted by molar-refractivity contribution is 0.859. The lowest BCUT2D eigenvalue weighted by Crippen LogP contribution is -2.08. The smallest absolute Gasteiger partial charge is 0.0485 e. The molecule has 20 heavy (non-hydrogen) atoms. The maximum atomic E-state index is 3.61. The molecule has 1 heteroatoms. The Balaban J connectivity index is 2.15. The summed E-state index contributed by atoms with van der Waals surface area (Å²) in [5, 5.41) is 3.61. The van der Waals surface area contributed by atoms with Crippen molar-refractivity contribution in [3.8, 4) is 0 Å². The van der Waals surface area contributed by atoms with E-state index in [1.807, 2.05) is 0 Å². The largest absolute Gasteiger partial charge is 0.378 e. The maximum absolute atomic E-state index is 3.61. The number of aryl methyl sites for hydroxylation is 2. The molecule has 1 nitrogen and oxygen atoms in total. The zero-order valence-corrected chi connectivity index (χ0v) is 13.2. The van der Waals surface area contributed by atoms with Crippen LogP contribution in [0.3, 0.4) is 0 Å². The minimum absolute atomic E-state index is 0.319. The van der Waals surface area contributed by atoms with Gasteiger partial charge in [-0.05, 0) is 49.4 Å². The Kier molecular flexibility index (Phi) is 4.49. The fraction of sp³-hybridized carbons (Fsp3) is 0.368. The number of hydrogen-bond acceptors (Lipinski definition) is 1. The first kappa shape index (κ1) is 14.6. The van der Waals surface area contributed by atoms with Crippen molar-refractivity contribution >= 4 is 5.69 Å². The van der Waals surface area contributed by atoms with Crippen LogP contribution >= 0.6 is 0 Å². The van der Waals surface area contributed by atoms with Crippen LogP contribution in [0.4, 0.5) is 5.69 Å². The van der Waals surface area contributed by atoms with Crippen LogP contribution in [0.25, 0.3) is 0 Å². The predicted molar refractivity (Wildman–Crippen MR) is 88.5 cm³/mol. The number of benzene rings is 2. The molecule has 0 fully saturated rings. The Labute approximate surface area is 123 Å². The second-order valence-electron chi connectivity index (χ2n) is 6.01. The highest BCUT2D eigenvalue weighted by Crippen LogP contribution is 2.25. The van der Waals surface area contributed by atoms with Crippen molar-refractivity contribution in [3.05, 3.63) is 64.7 Å². The van der Waals surface area contributed by atoms with Gasteiger partial charge in [0.05, 0.1) is 0 Å². The Morgan fingerprint density at radius 1 is 0.800 bits per heavy atom. The van der Waals surface area contributed by atoms with Crippen molar-refractivity contribution in [1.82, 2.24) is 0 Å². The standard InChI is InChI=1S/C19H25N/c1-13(2)18-10-11-19(15(4)12-18)20-16(5)17-8-6-14(3)7-9-17/h6-13,16,20H,1-5H3. The summed E-state index contributed by atoms with van der Waals surface area (Å²) < 4.78 is 0. The Hall–Kier alpha value is -1.76. The van der Waals surface area contributed by atoms with E-state index in [2.05, 4.69) is 82.4 Å². The van der Waals surface area contributed by atoms with Gasteiger partial charge in [0.2, 0.25) is 0 Å². The maximum Gasteiger partial charge on any atom is 0.0485 e. The highest BCUT2D eigenvalue weighted by molar-refractivity contribution is 5.53. The summed E-state index contributed by atoms with van der Waals surface area (Å²) in [6.07, 6.45) is 0. The molecule has 0 aromatic heterocycles. The minimum atomic E-state index is 0.319. The molecule has 0 spiro atoms. The van der Waals surface area contributed by atoms with Crippen LogP contribution in [0, 0.1) is 13.8 Å². The van der Waals surface area contributed by atoms with Crippen LogP contribution in [-0.4, -0.2) is 0 Å². The summed E-state index contributed by atoms with van der Waals surface area (Å²) in [6, 6.07) is 15.8. The summed E-state index contributed by atoms with van der Waals surface area (Å²) >= 11 is 0. The lowest BCUT2D eigenvalue weighted by atomic mass is 9.99. The molecule has 0 saturated carbocycles. The molecule has 1 unspecified atom stereocenters. The third-order valence-corrected chi connectivity index (χ3v) is 3.87. The molecule has 0 amide bonds. The van der Waals surface area contributed by atoms with Gasteiger partial charge in [-0.15, -0.1) is 0 Å². The van der Waals surface area contributed by atoms with Crippen molar-refractivity contribution < 1.29 is 0 Å². The SMILES string of the molecule is Cc1ccc(C(C)Nc2ccc(C(C)C)cc2C)cc1. The Morgan fingerprint density at radius 3 is 1.95 bits per heavy atom. The molecule has 106 valence electrons. The predicted octanol–water partition coefficient (Wildman–Crippen LogP) is 5.60. The molecule has 1 N–H and O–H groups in total. The van der Waals surface area contributed by atoms with Gasteiger partial charge in [-0.3, -0.25) is 0 Å². The third-order valence-electron chi connectivity index (χ3n) is 3.87. The molecule has 0 radical (unpaired) electrons. The molecule has 0 aliphatic rings. The first-order chi connectivity index (χ1) is 9.47. The average molecular weight is 267 g/mol. The molecular weight excluding hydrogens is 242 g/mol. The molecule has 2 rings (SSSR count). The van der Waals surface area contributed by atoms with E-state index in [1.165, 1.54) is 27.9 Å². The van der Waals surface area contributed by atoms with Crippen LogP contribution in [0.15, 0.2) is 42.5 Å². The number of rotatable bonds is 4. The van der Waals surface area contributed by atoms with Crippen LogP contribution in [0.5, 0.6) is 0 Å². The molecule has 0 heterocycles. The van der Waals surface area contributed by atoms with Crippen LogP contribution < -0.4 is 5.32 Å². The lowest BCUT2D eigenvalue weighted by Gasteiger charge is -2.19. The van der Waals surface area contributed by atoms with Crippen molar-refractivity contribution in [3.63, 3.8) is 0 Å². The van der Waals surface area contributed by atoms with Gasteiger partial charge in [0, 0.05) is 11.7 Å². The second kappa shape index (κ2) is 6.13. The summed E-state index contributed by atoms with van der Waals surface area (Å²) in [5.74, 6) is 0.581. The van der Waals surface area contributed by atoms with E-state index >= 15 is 0 Å². The van der Waals surface area contributed by atoms with Crippen molar-refractivity contribution in [2.75, 3.05) is 5.32 Å². The molecular formula is C19H25N. The monoisotopic (exact) mass is 267 g/mol. The Morgan fingerprint density at radius 2 is 1.40 bits per heavy atom. The van der Waals surface area contributed by atoms with E-state index in [0.29, 0.717) is 12.0 Å². The fourth-order valence-corrected chi connectivity index (χ4v) is 2.38. The highest BCUT2D eigenvalue weighted by atomic mass is 14.9. The third kappa shape index (κ3) is 3.41. The highest BCUT2D eigenvalue weighted by Gasteiger charge is 2.08. The van der Waals surface area contributed by atoms with Gasteiger partial charge in [0.1, 0.15) is 0 Å².